The van der Waals surface area contributed by atoms with Crippen LogP contribution in [0.3, 0.4) is 0 Å². The van der Waals surface area contributed by atoms with Crippen LogP contribution in [0.15, 0.2) is 47.2 Å². The van der Waals surface area contributed by atoms with Crippen molar-refractivity contribution in [2.24, 2.45) is 4.99 Å². The highest BCUT2D eigenvalue weighted by atomic mass is 16.5. The van der Waals surface area contributed by atoms with Crippen LogP contribution in [0, 0.1) is 0 Å². The number of aliphatic imine (C=N–C) groups is 1. The number of nitrogens with one attached hydrogen (secondary N) is 1. The SMILES string of the molecule is COc1cc(OC)c(OC)cc1/C=C1\N=C(c2ccccn2)NC1=O. The molecule has 0 atom stereocenters. The fraction of sp³-hybridized carbons (Fsp3) is 0.167. The molecular formula is C18H17N3O4. The third-order valence-electron chi connectivity index (χ3n) is 3.63. The molecule has 0 radical (unpaired) electrons. The molecule has 3 rings (SSSR count). The number of aromatic nitrogens is 1. The molecule has 0 saturated carbocycles. The van der Waals surface area contributed by atoms with E-state index in [1.54, 1.807) is 57.9 Å². The van der Waals surface area contributed by atoms with Gasteiger partial charge >= 0.3 is 0 Å². The van der Waals surface area contributed by atoms with E-state index in [1.807, 2.05) is 6.07 Å². The summed E-state index contributed by atoms with van der Waals surface area (Å²) in [7, 11) is 4.63. The summed E-state index contributed by atoms with van der Waals surface area (Å²) >= 11 is 0. The van der Waals surface area contributed by atoms with E-state index in [4.69, 9.17) is 14.2 Å². The number of pyridine rings is 1. The third kappa shape index (κ3) is 3.30. The molecule has 1 aromatic heterocycles. The molecule has 0 fully saturated rings. The minimum absolute atomic E-state index is 0.256. The minimum atomic E-state index is -0.308. The number of nitrogens with zero attached hydrogens (tertiary/aromatic N) is 2. The molecule has 1 N–H and O–H groups in total. The molecule has 25 heavy (non-hydrogen) atoms. The molecule has 0 unspecified atom stereocenters. The number of rotatable bonds is 5. The molecule has 0 spiro atoms. The average Bonchev–Trinajstić information content (AvgIpc) is 3.02. The summed E-state index contributed by atoms with van der Waals surface area (Å²) in [5.74, 6) is 1.71. The second kappa shape index (κ2) is 7.04. The largest absolute Gasteiger partial charge is 0.496 e. The van der Waals surface area contributed by atoms with Crippen molar-refractivity contribution in [1.29, 1.82) is 0 Å². The van der Waals surface area contributed by atoms with Crippen molar-refractivity contribution < 1.29 is 19.0 Å². The maximum atomic E-state index is 12.2. The zero-order valence-corrected chi connectivity index (χ0v) is 14.1. The van der Waals surface area contributed by atoms with Crippen molar-refractivity contribution in [3.63, 3.8) is 0 Å². The molecule has 0 aliphatic carbocycles. The van der Waals surface area contributed by atoms with Crippen LogP contribution in [-0.4, -0.2) is 38.1 Å². The summed E-state index contributed by atoms with van der Waals surface area (Å²) in [5.41, 5.74) is 1.50. The zero-order valence-electron chi connectivity index (χ0n) is 14.1. The topological polar surface area (TPSA) is 82.0 Å². The number of carbonyl (C=O) groups is 1. The van der Waals surface area contributed by atoms with Crippen LogP contribution in [0.1, 0.15) is 11.3 Å². The average molecular weight is 339 g/mol. The van der Waals surface area contributed by atoms with Gasteiger partial charge in [0.05, 0.1) is 21.3 Å². The molecule has 1 aliphatic rings. The van der Waals surface area contributed by atoms with Gasteiger partial charge in [-0.15, -0.1) is 0 Å². The lowest BCUT2D eigenvalue weighted by molar-refractivity contribution is -0.115. The number of benzene rings is 1. The summed E-state index contributed by atoms with van der Waals surface area (Å²) in [4.78, 5) is 20.7. The number of hydrogen-bond donors (Lipinski definition) is 1. The van der Waals surface area contributed by atoms with E-state index in [0.29, 0.717) is 34.3 Å². The summed E-state index contributed by atoms with van der Waals surface area (Å²) in [6.45, 7) is 0. The van der Waals surface area contributed by atoms with Gasteiger partial charge in [-0.2, -0.15) is 0 Å². The molecule has 1 amide bonds. The first kappa shape index (κ1) is 16.5. The van der Waals surface area contributed by atoms with Crippen LogP contribution in [-0.2, 0) is 4.79 Å². The summed E-state index contributed by atoms with van der Waals surface area (Å²) in [6, 6.07) is 8.83. The van der Waals surface area contributed by atoms with Crippen LogP contribution in [0.2, 0.25) is 0 Å². The number of hydrogen-bond acceptors (Lipinski definition) is 6. The molecule has 0 saturated heterocycles. The fourth-order valence-corrected chi connectivity index (χ4v) is 2.41. The monoisotopic (exact) mass is 339 g/mol. The Morgan fingerprint density at radius 3 is 2.36 bits per heavy atom. The van der Waals surface area contributed by atoms with Crippen molar-refractivity contribution in [2.45, 2.75) is 0 Å². The van der Waals surface area contributed by atoms with Crippen molar-refractivity contribution in [3.05, 3.63) is 53.5 Å². The Morgan fingerprint density at radius 1 is 1.00 bits per heavy atom. The molecule has 0 bridgehead atoms. The lowest BCUT2D eigenvalue weighted by Crippen LogP contribution is -2.25. The Hall–Kier alpha value is -3.35. The normalized spacial score (nSPS) is 14.9. The maximum absolute atomic E-state index is 12.2. The Balaban J connectivity index is 2.02. The van der Waals surface area contributed by atoms with Gasteiger partial charge in [0.1, 0.15) is 17.1 Å². The van der Waals surface area contributed by atoms with Crippen LogP contribution in [0.4, 0.5) is 0 Å². The second-order valence-corrected chi connectivity index (χ2v) is 5.11. The first-order valence-corrected chi connectivity index (χ1v) is 7.49. The van der Waals surface area contributed by atoms with E-state index in [-0.39, 0.29) is 11.6 Å². The van der Waals surface area contributed by atoms with Crippen molar-refractivity contribution >= 4 is 17.8 Å². The lowest BCUT2D eigenvalue weighted by Gasteiger charge is -2.12. The quantitative estimate of drug-likeness (QED) is 0.843. The second-order valence-electron chi connectivity index (χ2n) is 5.11. The number of amides is 1. The Kier molecular flexibility index (Phi) is 4.65. The zero-order chi connectivity index (χ0) is 17.8. The first-order chi connectivity index (χ1) is 12.2. The standard InChI is InChI=1S/C18H17N3O4/c1-23-14-10-16(25-3)15(24-2)9-11(14)8-13-18(22)21-17(20-13)12-6-4-5-7-19-12/h4-10H,1-3H3,(H,20,21,22)/b13-8-. The van der Waals surface area contributed by atoms with E-state index in [2.05, 4.69) is 15.3 Å². The van der Waals surface area contributed by atoms with Gasteiger partial charge in [-0.1, -0.05) is 6.07 Å². The number of amidine groups is 1. The van der Waals surface area contributed by atoms with Gasteiger partial charge in [0.25, 0.3) is 5.91 Å². The highest BCUT2D eigenvalue weighted by Crippen LogP contribution is 2.36. The van der Waals surface area contributed by atoms with Gasteiger partial charge in [-0.25, -0.2) is 4.99 Å². The summed E-state index contributed by atoms with van der Waals surface area (Å²) < 4.78 is 15.9. The van der Waals surface area contributed by atoms with Gasteiger partial charge in [0.15, 0.2) is 17.3 Å². The van der Waals surface area contributed by atoms with Gasteiger partial charge in [0, 0.05) is 17.8 Å². The molecule has 2 heterocycles. The van der Waals surface area contributed by atoms with Crippen molar-refractivity contribution in [1.82, 2.24) is 10.3 Å². The van der Waals surface area contributed by atoms with Crippen molar-refractivity contribution in [3.8, 4) is 17.2 Å². The van der Waals surface area contributed by atoms with E-state index in [0.717, 1.165) is 0 Å². The molecular weight excluding hydrogens is 322 g/mol. The van der Waals surface area contributed by atoms with Gasteiger partial charge < -0.3 is 19.5 Å². The molecule has 7 nitrogen and oxygen atoms in total. The maximum Gasteiger partial charge on any atom is 0.275 e. The number of carbonyl (C=O) groups excluding carboxylic acids is 1. The first-order valence-electron chi connectivity index (χ1n) is 7.49. The van der Waals surface area contributed by atoms with Crippen molar-refractivity contribution in [2.75, 3.05) is 21.3 Å². The van der Waals surface area contributed by atoms with E-state index in [1.165, 1.54) is 0 Å². The molecule has 1 aliphatic heterocycles. The highest BCUT2D eigenvalue weighted by molar-refractivity contribution is 6.19. The Morgan fingerprint density at radius 2 is 1.72 bits per heavy atom. The van der Waals surface area contributed by atoms with Gasteiger partial charge in [-0.05, 0) is 24.3 Å². The minimum Gasteiger partial charge on any atom is -0.496 e. The van der Waals surface area contributed by atoms with Gasteiger partial charge in [-0.3, -0.25) is 9.78 Å². The smallest absolute Gasteiger partial charge is 0.275 e. The lowest BCUT2D eigenvalue weighted by atomic mass is 10.1. The van der Waals surface area contributed by atoms with Gasteiger partial charge in [0.2, 0.25) is 0 Å². The molecule has 1 aromatic carbocycles. The van der Waals surface area contributed by atoms with E-state index in [9.17, 15) is 4.79 Å². The Bertz CT molecular complexity index is 860. The van der Waals surface area contributed by atoms with E-state index < -0.39 is 0 Å². The molecule has 2 aromatic rings. The molecule has 7 heteroatoms. The fourth-order valence-electron chi connectivity index (χ4n) is 2.41. The number of methoxy groups -OCH3 is 3. The summed E-state index contributed by atoms with van der Waals surface area (Å²) in [5, 5.41) is 2.71. The highest BCUT2D eigenvalue weighted by Gasteiger charge is 2.22. The number of ether oxygens (including phenoxy) is 3. The van der Waals surface area contributed by atoms with Crippen LogP contribution in [0.5, 0.6) is 17.2 Å². The third-order valence-corrected chi connectivity index (χ3v) is 3.63. The predicted molar refractivity (Wildman–Crippen MR) is 93.0 cm³/mol. The summed E-state index contributed by atoms with van der Waals surface area (Å²) in [6.07, 6.45) is 3.27. The Labute approximate surface area is 145 Å². The predicted octanol–water partition coefficient (Wildman–Crippen LogP) is 2.02. The molecule has 128 valence electrons. The van der Waals surface area contributed by atoms with Crippen LogP contribution in [0.25, 0.3) is 6.08 Å². The van der Waals surface area contributed by atoms with E-state index >= 15 is 0 Å². The van der Waals surface area contributed by atoms with Crippen LogP contribution < -0.4 is 19.5 Å². The van der Waals surface area contributed by atoms with Crippen LogP contribution >= 0.6 is 0 Å².